The van der Waals surface area contributed by atoms with Crippen LogP contribution in [0.1, 0.15) is 46.5 Å². The lowest BCUT2D eigenvalue weighted by molar-refractivity contribution is 0.198. The largest absolute Gasteiger partial charge is 0.330 e. The first-order chi connectivity index (χ1) is 8.23. The summed E-state index contributed by atoms with van der Waals surface area (Å²) in [5.74, 6) is 1.64. The van der Waals surface area contributed by atoms with Crippen molar-refractivity contribution in [2.24, 2.45) is 22.6 Å². The highest BCUT2D eigenvalue weighted by Gasteiger charge is 2.28. The molecule has 1 rings (SSSR count). The van der Waals surface area contributed by atoms with Gasteiger partial charge >= 0.3 is 0 Å². The lowest BCUT2D eigenvalue weighted by Gasteiger charge is -2.35. The quantitative estimate of drug-likeness (QED) is 0.552. The molecule has 0 amide bonds. The summed E-state index contributed by atoms with van der Waals surface area (Å²) in [6.07, 6.45) is 11.1. The van der Waals surface area contributed by atoms with Gasteiger partial charge in [0.2, 0.25) is 0 Å². The Kier molecular flexibility index (Phi) is 6.20. The van der Waals surface area contributed by atoms with Crippen molar-refractivity contribution in [1.29, 1.82) is 0 Å². The summed E-state index contributed by atoms with van der Waals surface area (Å²) >= 11 is 0. The van der Waals surface area contributed by atoms with Gasteiger partial charge in [0.1, 0.15) is 0 Å². The Balaban J connectivity index is 2.40. The maximum atomic E-state index is 5.66. The molecular weight excluding hydrogens is 208 g/mol. The predicted octanol–water partition coefficient (Wildman–Crippen LogP) is 3.69. The first-order valence-corrected chi connectivity index (χ1v) is 6.71. The molecular formula is C15H26N2. The van der Waals surface area contributed by atoms with E-state index in [1.807, 2.05) is 13.1 Å². The van der Waals surface area contributed by atoms with E-state index in [9.17, 15) is 0 Å². The zero-order chi connectivity index (χ0) is 12.7. The minimum atomic E-state index is 0.785. The molecule has 2 heteroatoms. The molecule has 1 fully saturated rings. The van der Waals surface area contributed by atoms with Crippen molar-refractivity contribution in [3.8, 4) is 0 Å². The smallest absolute Gasteiger partial charge is 0.0397 e. The molecule has 0 atom stereocenters. The van der Waals surface area contributed by atoms with Crippen LogP contribution in [0.3, 0.4) is 0 Å². The van der Waals surface area contributed by atoms with Gasteiger partial charge in [0, 0.05) is 18.3 Å². The monoisotopic (exact) mass is 234 g/mol. The third-order valence-electron chi connectivity index (χ3n) is 3.66. The van der Waals surface area contributed by atoms with Gasteiger partial charge < -0.3 is 5.73 Å². The SMILES string of the molecule is CC=N/C(=C\C)C/C(=C\C)CC1CC(CN)C1. The Morgan fingerprint density at radius 2 is 1.88 bits per heavy atom. The summed E-state index contributed by atoms with van der Waals surface area (Å²) in [4.78, 5) is 4.39. The van der Waals surface area contributed by atoms with Gasteiger partial charge in [0.25, 0.3) is 0 Å². The van der Waals surface area contributed by atoms with Crippen molar-refractivity contribution >= 4 is 6.21 Å². The molecule has 1 aliphatic carbocycles. The van der Waals surface area contributed by atoms with Crippen LogP contribution in [-0.4, -0.2) is 12.8 Å². The second-order valence-electron chi connectivity index (χ2n) is 4.93. The van der Waals surface area contributed by atoms with Crippen molar-refractivity contribution in [1.82, 2.24) is 0 Å². The van der Waals surface area contributed by atoms with Gasteiger partial charge in [0.15, 0.2) is 0 Å². The Morgan fingerprint density at radius 3 is 2.35 bits per heavy atom. The van der Waals surface area contributed by atoms with Gasteiger partial charge in [-0.15, -0.1) is 0 Å². The van der Waals surface area contributed by atoms with Gasteiger partial charge in [-0.2, -0.15) is 0 Å². The highest BCUT2D eigenvalue weighted by molar-refractivity contribution is 5.55. The van der Waals surface area contributed by atoms with Crippen LogP contribution in [0.5, 0.6) is 0 Å². The van der Waals surface area contributed by atoms with Gasteiger partial charge in [-0.25, -0.2) is 0 Å². The van der Waals surface area contributed by atoms with Gasteiger partial charge in [0.05, 0.1) is 0 Å². The summed E-state index contributed by atoms with van der Waals surface area (Å²) < 4.78 is 0. The maximum absolute atomic E-state index is 5.66. The topological polar surface area (TPSA) is 38.4 Å². The van der Waals surface area contributed by atoms with Crippen LogP contribution in [0.25, 0.3) is 0 Å². The number of hydrogen-bond donors (Lipinski definition) is 1. The zero-order valence-corrected chi connectivity index (χ0v) is 11.4. The average molecular weight is 234 g/mol. The molecule has 96 valence electrons. The lowest BCUT2D eigenvalue weighted by atomic mass is 9.72. The molecule has 2 N–H and O–H groups in total. The molecule has 0 aromatic heterocycles. The number of hydrogen-bond acceptors (Lipinski definition) is 2. The number of allylic oxidation sites excluding steroid dienone is 3. The van der Waals surface area contributed by atoms with Crippen molar-refractivity contribution in [3.05, 3.63) is 23.4 Å². The van der Waals surface area contributed by atoms with E-state index in [-0.39, 0.29) is 0 Å². The second kappa shape index (κ2) is 7.44. The van der Waals surface area contributed by atoms with Crippen LogP contribution >= 0.6 is 0 Å². The van der Waals surface area contributed by atoms with Gasteiger partial charge in [-0.1, -0.05) is 17.7 Å². The lowest BCUT2D eigenvalue weighted by Crippen LogP contribution is -2.30. The summed E-state index contributed by atoms with van der Waals surface area (Å²) in [6, 6.07) is 0. The van der Waals surface area contributed by atoms with Crippen LogP contribution < -0.4 is 5.73 Å². The van der Waals surface area contributed by atoms with Gasteiger partial charge in [-0.05, 0) is 58.4 Å². The fourth-order valence-corrected chi connectivity index (χ4v) is 2.52. The first kappa shape index (κ1) is 14.2. The van der Waals surface area contributed by atoms with E-state index in [1.165, 1.54) is 30.5 Å². The molecule has 0 heterocycles. The molecule has 2 nitrogen and oxygen atoms in total. The van der Waals surface area contributed by atoms with Crippen LogP contribution in [-0.2, 0) is 0 Å². The maximum Gasteiger partial charge on any atom is 0.0397 e. The number of rotatable bonds is 6. The first-order valence-electron chi connectivity index (χ1n) is 6.71. The van der Waals surface area contributed by atoms with E-state index in [0.717, 1.165) is 24.8 Å². The molecule has 0 saturated heterocycles. The van der Waals surface area contributed by atoms with E-state index in [4.69, 9.17) is 5.73 Å². The van der Waals surface area contributed by atoms with Crippen LogP contribution in [0.4, 0.5) is 0 Å². The molecule has 17 heavy (non-hydrogen) atoms. The third kappa shape index (κ3) is 4.47. The zero-order valence-electron chi connectivity index (χ0n) is 11.4. The summed E-state index contributed by atoms with van der Waals surface area (Å²) in [5, 5.41) is 0. The Morgan fingerprint density at radius 1 is 1.18 bits per heavy atom. The number of nitrogens with zero attached hydrogens (tertiary/aromatic N) is 1. The van der Waals surface area contributed by atoms with E-state index in [0.29, 0.717) is 0 Å². The summed E-state index contributed by atoms with van der Waals surface area (Å²) in [6.45, 7) is 7.03. The predicted molar refractivity (Wildman–Crippen MR) is 76.2 cm³/mol. The minimum absolute atomic E-state index is 0.785. The van der Waals surface area contributed by atoms with E-state index < -0.39 is 0 Å². The number of nitrogens with two attached hydrogens (primary N) is 1. The van der Waals surface area contributed by atoms with Crippen LogP contribution in [0.15, 0.2) is 28.4 Å². The molecule has 1 saturated carbocycles. The van der Waals surface area contributed by atoms with Crippen LogP contribution in [0.2, 0.25) is 0 Å². The Labute approximate surface area is 106 Å². The van der Waals surface area contributed by atoms with Crippen molar-refractivity contribution in [3.63, 3.8) is 0 Å². The minimum Gasteiger partial charge on any atom is -0.330 e. The molecule has 0 aliphatic heterocycles. The van der Waals surface area contributed by atoms with E-state index >= 15 is 0 Å². The molecule has 1 aliphatic rings. The third-order valence-corrected chi connectivity index (χ3v) is 3.66. The van der Waals surface area contributed by atoms with Crippen molar-refractivity contribution in [2.45, 2.75) is 46.5 Å². The number of aliphatic imine (C=N–C) groups is 1. The summed E-state index contributed by atoms with van der Waals surface area (Å²) in [7, 11) is 0. The fraction of sp³-hybridized carbons (Fsp3) is 0.667. The van der Waals surface area contributed by atoms with Crippen molar-refractivity contribution in [2.75, 3.05) is 6.54 Å². The summed E-state index contributed by atoms with van der Waals surface area (Å²) in [5.41, 5.74) is 8.35. The highest BCUT2D eigenvalue weighted by Crippen LogP contribution is 2.38. The molecule has 0 aromatic rings. The second-order valence-corrected chi connectivity index (χ2v) is 4.93. The Bertz CT molecular complexity index is 307. The molecule has 0 radical (unpaired) electrons. The fourth-order valence-electron chi connectivity index (χ4n) is 2.52. The van der Waals surface area contributed by atoms with E-state index in [2.05, 4.69) is 31.0 Å². The van der Waals surface area contributed by atoms with Gasteiger partial charge in [-0.3, -0.25) is 4.99 Å². The van der Waals surface area contributed by atoms with E-state index in [1.54, 1.807) is 0 Å². The molecule has 0 unspecified atom stereocenters. The highest BCUT2D eigenvalue weighted by atomic mass is 14.7. The van der Waals surface area contributed by atoms with Crippen LogP contribution in [0, 0.1) is 11.8 Å². The average Bonchev–Trinajstić information content (AvgIpc) is 2.30. The normalized spacial score (nSPS) is 26.4. The van der Waals surface area contributed by atoms with Crippen molar-refractivity contribution < 1.29 is 0 Å². The Hall–Kier alpha value is -0.890. The molecule has 0 aromatic carbocycles. The molecule has 0 bridgehead atoms. The standard InChI is InChI=1S/C15H26N2/c1-4-12(10-15(5-2)17-6-3)7-13-8-14(9-13)11-16/h4-6,13-14H,7-11,16H2,1-3H3/b12-4-,15-5-,17-6?. The molecule has 0 spiro atoms.